The third-order valence-electron chi connectivity index (χ3n) is 3.59. The highest BCUT2D eigenvalue weighted by Gasteiger charge is 2.32. The van der Waals surface area contributed by atoms with Crippen LogP contribution < -0.4 is 10.6 Å². The van der Waals surface area contributed by atoms with E-state index in [1.165, 1.54) is 0 Å². The number of amides is 3. The summed E-state index contributed by atoms with van der Waals surface area (Å²) in [6.07, 6.45) is 4.92. The Hall–Kier alpha value is -1.40. The number of nitrogens with zero attached hydrogens (tertiary/aromatic N) is 1. The monoisotopic (exact) mass is 281 g/mol. The van der Waals surface area contributed by atoms with Gasteiger partial charge in [-0.25, -0.2) is 4.79 Å². The van der Waals surface area contributed by atoms with E-state index in [1.54, 1.807) is 6.08 Å². The molecular weight excluding hydrogens is 258 g/mol. The number of hydrogen-bond acceptors (Lipinski definition) is 4. The van der Waals surface area contributed by atoms with Crippen LogP contribution in [0.2, 0.25) is 0 Å². The summed E-state index contributed by atoms with van der Waals surface area (Å²) in [6, 6.07) is 0.0347. The number of carbonyl (C=O) groups is 2. The lowest BCUT2D eigenvalue weighted by Crippen LogP contribution is -2.46. The summed E-state index contributed by atoms with van der Waals surface area (Å²) < 4.78 is 5.37. The molecule has 1 aliphatic heterocycles. The molecule has 2 rings (SSSR count). The second-order valence-corrected chi connectivity index (χ2v) is 5.44. The number of ether oxygens (including phenoxy) is 1. The van der Waals surface area contributed by atoms with Crippen LogP contribution in [0.4, 0.5) is 4.79 Å². The van der Waals surface area contributed by atoms with E-state index in [0.717, 1.165) is 39.0 Å². The molecule has 0 radical (unpaired) electrons. The molecule has 0 aromatic rings. The Morgan fingerprint density at radius 2 is 2.15 bits per heavy atom. The Bertz CT molecular complexity index is 363. The highest BCUT2D eigenvalue weighted by atomic mass is 16.5. The van der Waals surface area contributed by atoms with Gasteiger partial charge in [0.05, 0.1) is 13.2 Å². The molecule has 1 heterocycles. The van der Waals surface area contributed by atoms with E-state index in [0.29, 0.717) is 18.5 Å². The minimum atomic E-state index is -0.463. The molecule has 3 amide bonds. The lowest BCUT2D eigenvalue weighted by atomic mass is 10.1. The van der Waals surface area contributed by atoms with Gasteiger partial charge >= 0.3 is 6.03 Å². The first kappa shape index (κ1) is 15.0. The maximum absolute atomic E-state index is 11.9. The molecule has 2 N–H and O–H groups in total. The van der Waals surface area contributed by atoms with Gasteiger partial charge in [0.1, 0.15) is 0 Å². The van der Waals surface area contributed by atoms with Gasteiger partial charge in [-0.15, -0.1) is 6.58 Å². The molecule has 1 atom stereocenters. The fraction of sp³-hybridized carbons (Fsp3) is 0.714. The van der Waals surface area contributed by atoms with Crippen molar-refractivity contribution in [3.8, 4) is 0 Å². The molecule has 0 spiro atoms. The molecule has 0 bridgehead atoms. The number of nitrogens with one attached hydrogen (secondary N) is 2. The van der Waals surface area contributed by atoms with Gasteiger partial charge in [-0.05, 0) is 25.2 Å². The van der Waals surface area contributed by atoms with E-state index in [1.807, 2.05) is 0 Å². The zero-order chi connectivity index (χ0) is 14.4. The molecule has 1 saturated heterocycles. The van der Waals surface area contributed by atoms with Crippen molar-refractivity contribution in [3.63, 3.8) is 0 Å². The van der Waals surface area contributed by atoms with Gasteiger partial charge in [0.2, 0.25) is 5.91 Å². The van der Waals surface area contributed by atoms with Crippen LogP contribution in [-0.2, 0) is 9.53 Å². The van der Waals surface area contributed by atoms with E-state index in [2.05, 4.69) is 22.1 Å². The summed E-state index contributed by atoms with van der Waals surface area (Å²) in [4.78, 5) is 25.4. The Kier molecular flexibility index (Phi) is 5.55. The predicted octanol–water partition coefficient (Wildman–Crippen LogP) is 0.499. The first-order valence-corrected chi connectivity index (χ1v) is 7.19. The third kappa shape index (κ3) is 4.94. The lowest BCUT2D eigenvalue weighted by Gasteiger charge is -2.23. The number of imide groups is 1. The maximum atomic E-state index is 11.9. The van der Waals surface area contributed by atoms with Crippen molar-refractivity contribution in [1.82, 2.24) is 15.5 Å². The first-order chi connectivity index (χ1) is 9.69. The fourth-order valence-electron chi connectivity index (χ4n) is 2.40. The van der Waals surface area contributed by atoms with Crippen LogP contribution in [0.15, 0.2) is 12.7 Å². The highest BCUT2D eigenvalue weighted by Crippen LogP contribution is 2.28. The Morgan fingerprint density at radius 3 is 2.75 bits per heavy atom. The van der Waals surface area contributed by atoms with Crippen molar-refractivity contribution in [1.29, 1.82) is 0 Å². The van der Waals surface area contributed by atoms with Crippen LogP contribution in [0, 0.1) is 5.92 Å². The van der Waals surface area contributed by atoms with E-state index in [4.69, 9.17) is 4.74 Å². The topological polar surface area (TPSA) is 70.7 Å². The molecule has 6 nitrogen and oxygen atoms in total. The summed E-state index contributed by atoms with van der Waals surface area (Å²) >= 11 is 0. The smallest absolute Gasteiger partial charge is 0.321 e. The molecule has 1 aliphatic carbocycles. The summed E-state index contributed by atoms with van der Waals surface area (Å²) in [5.41, 5.74) is 0. The van der Waals surface area contributed by atoms with Crippen LogP contribution in [-0.4, -0.2) is 55.7 Å². The molecule has 0 aromatic heterocycles. The Labute approximate surface area is 119 Å². The van der Waals surface area contributed by atoms with Crippen LogP contribution in [0.3, 0.4) is 0 Å². The number of urea groups is 1. The van der Waals surface area contributed by atoms with Gasteiger partial charge in [0.15, 0.2) is 0 Å². The van der Waals surface area contributed by atoms with Gasteiger partial charge in [-0.1, -0.05) is 6.08 Å². The quantitative estimate of drug-likeness (QED) is 0.667. The Morgan fingerprint density at radius 1 is 1.35 bits per heavy atom. The Balaban J connectivity index is 1.74. The molecular formula is C14H23N3O3. The van der Waals surface area contributed by atoms with E-state index < -0.39 is 6.03 Å². The SMILES string of the molecule is C=CCNC(=O)NC(=O)CN(C[C@@H]1CCOC1)C1CC1. The van der Waals surface area contributed by atoms with Crippen molar-refractivity contribution >= 4 is 11.9 Å². The zero-order valence-corrected chi connectivity index (χ0v) is 11.8. The summed E-state index contributed by atoms with van der Waals surface area (Å²) in [6.45, 7) is 6.62. The van der Waals surface area contributed by atoms with E-state index in [-0.39, 0.29) is 12.5 Å². The minimum absolute atomic E-state index is 0.252. The molecule has 0 aromatic carbocycles. The second-order valence-electron chi connectivity index (χ2n) is 5.44. The molecule has 112 valence electrons. The average Bonchev–Trinajstić information content (AvgIpc) is 3.14. The second kappa shape index (κ2) is 7.40. The van der Waals surface area contributed by atoms with Crippen molar-refractivity contribution in [2.45, 2.75) is 25.3 Å². The van der Waals surface area contributed by atoms with Gasteiger partial charge in [0.25, 0.3) is 0 Å². The first-order valence-electron chi connectivity index (χ1n) is 7.19. The number of rotatable bonds is 7. The van der Waals surface area contributed by atoms with Crippen molar-refractivity contribution in [2.75, 3.05) is 32.8 Å². The van der Waals surface area contributed by atoms with Gasteiger partial charge in [0, 0.05) is 25.7 Å². The van der Waals surface area contributed by atoms with Crippen molar-refractivity contribution < 1.29 is 14.3 Å². The van der Waals surface area contributed by atoms with Crippen LogP contribution in [0.5, 0.6) is 0 Å². The van der Waals surface area contributed by atoms with Crippen LogP contribution in [0.1, 0.15) is 19.3 Å². The number of hydrogen-bond donors (Lipinski definition) is 2. The maximum Gasteiger partial charge on any atom is 0.321 e. The van der Waals surface area contributed by atoms with E-state index >= 15 is 0 Å². The van der Waals surface area contributed by atoms with Crippen molar-refractivity contribution in [3.05, 3.63) is 12.7 Å². The average molecular weight is 281 g/mol. The summed E-state index contributed by atoms with van der Waals surface area (Å²) in [7, 11) is 0. The molecule has 0 unspecified atom stereocenters. The van der Waals surface area contributed by atoms with Gasteiger partial charge in [-0.3, -0.25) is 15.0 Å². The summed E-state index contributed by atoms with van der Waals surface area (Å²) in [5, 5.41) is 4.87. The molecule has 1 saturated carbocycles. The van der Waals surface area contributed by atoms with E-state index in [9.17, 15) is 9.59 Å². The normalized spacial score (nSPS) is 21.8. The summed E-state index contributed by atoms with van der Waals surface area (Å²) in [5.74, 6) is 0.260. The number of carbonyl (C=O) groups excluding carboxylic acids is 2. The lowest BCUT2D eigenvalue weighted by molar-refractivity contribution is -0.121. The molecule has 6 heteroatoms. The minimum Gasteiger partial charge on any atom is -0.381 e. The third-order valence-corrected chi connectivity index (χ3v) is 3.59. The fourth-order valence-corrected chi connectivity index (χ4v) is 2.40. The van der Waals surface area contributed by atoms with Gasteiger partial charge in [-0.2, -0.15) is 0 Å². The zero-order valence-electron chi connectivity index (χ0n) is 11.8. The largest absolute Gasteiger partial charge is 0.381 e. The molecule has 20 heavy (non-hydrogen) atoms. The highest BCUT2D eigenvalue weighted by molar-refractivity contribution is 5.95. The standard InChI is InChI=1S/C14H23N3O3/c1-2-6-15-14(19)16-13(18)9-17(12-3-4-12)8-11-5-7-20-10-11/h2,11-12H,1,3-10H2,(H2,15,16,18,19)/t11-/m0/s1. The molecule has 2 fully saturated rings. The van der Waals surface area contributed by atoms with Crippen LogP contribution >= 0.6 is 0 Å². The predicted molar refractivity (Wildman–Crippen MR) is 75.3 cm³/mol. The van der Waals surface area contributed by atoms with Gasteiger partial charge < -0.3 is 10.1 Å². The molecule has 2 aliphatic rings. The van der Waals surface area contributed by atoms with Crippen molar-refractivity contribution in [2.24, 2.45) is 5.92 Å². The van der Waals surface area contributed by atoms with Crippen LogP contribution in [0.25, 0.3) is 0 Å².